The van der Waals surface area contributed by atoms with Crippen LogP contribution in [-0.2, 0) is 17.9 Å². The van der Waals surface area contributed by atoms with Crippen LogP contribution >= 0.6 is 0 Å². The lowest BCUT2D eigenvalue weighted by Crippen LogP contribution is -2.31. The maximum Gasteiger partial charge on any atom is 0.240 e. The molecule has 1 aromatic heterocycles. The molecule has 1 heterocycles. The van der Waals surface area contributed by atoms with Gasteiger partial charge in [-0.15, -0.1) is 0 Å². The first-order valence-electron chi connectivity index (χ1n) is 6.18. The number of carbonyl (C=O) groups excluding carboxylic acids is 1. The van der Waals surface area contributed by atoms with Gasteiger partial charge in [0.25, 0.3) is 0 Å². The molecule has 1 aromatic rings. The maximum atomic E-state index is 11.7. The Balaban J connectivity index is 1.86. The zero-order valence-electron chi connectivity index (χ0n) is 10.4. The van der Waals surface area contributed by atoms with Gasteiger partial charge in [0, 0.05) is 24.5 Å². The van der Waals surface area contributed by atoms with Gasteiger partial charge in [0.1, 0.15) is 12.4 Å². The van der Waals surface area contributed by atoms with Crippen molar-refractivity contribution < 1.29 is 4.79 Å². The summed E-state index contributed by atoms with van der Waals surface area (Å²) in [6, 6.07) is 0.837. The fourth-order valence-electron chi connectivity index (χ4n) is 1.60. The minimum absolute atomic E-state index is 0.0799. The highest BCUT2D eigenvalue weighted by Gasteiger charge is 2.23. The molecule has 0 atom stereocenters. The summed E-state index contributed by atoms with van der Waals surface area (Å²) in [5.74, 6) is 0.987. The Bertz CT molecular complexity index is 382. The fraction of sp³-hybridized carbons (Fsp3) is 0.667. The van der Waals surface area contributed by atoms with Gasteiger partial charge < -0.3 is 15.2 Å². The summed E-state index contributed by atoms with van der Waals surface area (Å²) in [6.45, 7) is 5.24. The van der Waals surface area contributed by atoms with E-state index in [4.69, 9.17) is 0 Å². The Labute approximate surface area is 102 Å². The zero-order chi connectivity index (χ0) is 12.3. The van der Waals surface area contributed by atoms with Crippen molar-refractivity contribution >= 4 is 5.91 Å². The second-order valence-corrected chi connectivity index (χ2v) is 4.85. The molecule has 2 N–H and O–H groups in total. The monoisotopic (exact) mass is 236 g/mol. The predicted molar refractivity (Wildman–Crippen MR) is 65.4 cm³/mol. The SMILES string of the molecule is CC(C)NCc1nccn1CC(=O)NC1CC1. The Morgan fingerprint density at radius 2 is 2.35 bits per heavy atom. The van der Waals surface area contributed by atoms with Gasteiger partial charge in [0.05, 0.1) is 6.54 Å². The van der Waals surface area contributed by atoms with Crippen LogP contribution in [0.1, 0.15) is 32.5 Å². The molecule has 0 spiro atoms. The third kappa shape index (κ3) is 3.85. The van der Waals surface area contributed by atoms with Crippen molar-refractivity contribution in [2.24, 2.45) is 0 Å². The van der Waals surface area contributed by atoms with Crippen LogP contribution in [0, 0.1) is 0 Å². The molecule has 0 unspecified atom stereocenters. The molecule has 0 saturated heterocycles. The summed E-state index contributed by atoms with van der Waals surface area (Å²) in [5.41, 5.74) is 0. The smallest absolute Gasteiger partial charge is 0.240 e. The Kier molecular flexibility index (Phi) is 3.78. The van der Waals surface area contributed by atoms with Crippen molar-refractivity contribution in [1.82, 2.24) is 20.2 Å². The van der Waals surface area contributed by atoms with E-state index >= 15 is 0 Å². The van der Waals surface area contributed by atoms with E-state index in [0.29, 0.717) is 25.2 Å². The first-order valence-corrected chi connectivity index (χ1v) is 6.18. The summed E-state index contributed by atoms with van der Waals surface area (Å²) < 4.78 is 1.90. The van der Waals surface area contributed by atoms with Crippen LogP contribution in [-0.4, -0.2) is 27.5 Å². The van der Waals surface area contributed by atoms with Crippen molar-refractivity contribution in [2.45, 2.75) is 51.9 Å². The van der Waals surface area contributed by atoms with Crippen molar-refractivity contribution in [3.8, 4) is 0 Å². The number of hydrogen-bond donors (Lipinski definition) is 2. The van der Waals surface area contributed by atoms with Crippen molar-refractivity contribution in [1.29, 1.82) is 0 Å². The number of carbonyl (C=O) groups is 1. The van der Waals surface area contributed by atoms with E-state index in [1.165, 1.54) is 0 Å². The predicted octanol–water partition coefficient (Wildman–Crippen LogP) is 0.660. The number of nitrogens with zero attached hydrogens (tertiary/aromatic N) is 2. The Morgan fingerprint density at radius 1 is 1.59 bits per heavy atom. The lowest BCUT2D eigenvalue weighted by Gasteiger charge is -2.10. The molecular formula is C12H20N4O. The Morgan fingerprint density at radius 3 is 3.00 bits per heavy atom. The van der Waals surface area contributed by atoms with Gasteiger partial charge in [-0.1, -0.05) is 13.8 Å². The molecule has 1 saturated carbocycles. The van der Waals surface area contributed by atoms with Gasteiger partial charge in [-0.3, -0.25) is 4.79 Å². The molecule has 0 aromatic carbocycles. The molecule has 94 valence electrons. The van der Waals surface area contributed by atoms with E-state index in [2.05, 4.69) is 29.5 Å². The van der Waals surface area contributed by atoms with E-state index in [9.17, 15) is 4.79 Å². The minimum Gasteiger partial charge on any atom is -0.352 e. The molecule has 1 amide bonds. The number of aromatic nitrogens is 2. The van der Waals surface area contributed by atoms with Crippen LogP contribution in [0.4, 0.5) is 0 Å². The third-order valence-electron chi connectivity index (χ3n) is 2.73. The van der Waals surface area contributed by atoms with Crippen molar-refractivity contribution in [2.75, 3.05) is 0 Å². The van der Waals surface area contributed by atoms with Crippen LogP contribution in [0.2, 0.25) is 0 Å². The van der Waals surface area contributed by atoms with Gasteiger partial charge in [-0.05, 0) is 12.8 Å². The van der Waals surface area contributed by atoms with Crippen LogP contribution in [0.3, 0.4) is 0 Å². The molecule has 17 heavy (non-hydrogen) atoms. The average molecular weight is 236 g/mol. The molecule has 0 bridgehead atoms. The second-order valence-electron chi connectivity index (χ2n) is 4.85. The van der Waals surface area contributed by atoms with Gasteiger partial charge in [-0.2, -0.15) is 0 Å². The molecule has 1 fully saturated rings. The quantitative estimate of drug-likeness (QED) is 0.763. The van der Waals surface area contributed by atoms with Gasteiger partial charge in [0.2, 0.25) is 5.91 Å². The standard InChI is InChI=1S/C12H20N4O/c1-9(2)14-7-11-13-5-6-16(11)8-12(17)15-10-3-4-10/h5-6,9-10,14H,3-4,7-8H2,1-2H3,(H,15,17). The van der Waals surface area contributed by atoms with Crippen molar-refractivity contribution in [3.05, 3.63) is 18.2 Å². The van der Waals surface area contributed by atoms with Crippen LogP contribution in [0.25, 0.3) is 0 Å². The van der Waals surface area contributed by atoms with Gasteiger partial charge >= 0.3 is 0 Å². The number of nitrogens with one attached hydrogen (secondary N) is 2. The summed E-state index contributed by atoms with van der Waals surface area (Å²) in [5, 5.41) is 6.28. The second kappa shape index (κ2) is 5.31. The first kappa shape index (κ1) is 12.1. The van der Waals surface area contributed by atoms with E-state index in [0.717, 1.165) is 18.7 Å². The highest BCUT2D eigenvalue weighted by Crippen LogP contribution is 2.18. The number of rotatable bonds is 6. The summed E-state index contributed by atoms with van der Waals surface area (Å²) in [4.78, 5) is 15.9. The molecular weight excluding hydrogens is 216 g/mol. The van der Waals surface area contributed by atoms with E-state index < -0.39 is 0 Å². The van der Waals surface area contributed by atoms with Crippen LogP contribution in [0.15, 0.2) is 12.4 Å². The van der Waals surface area contributed by atoms with Crippen LogP contribution in [0.5, 0.6) is 0 Å². The molecule has 0 radical (unpaired) electrons. The maximum absolute atomic E-state index is 11.7. The number of amides is 1. The summed E-state index contributed by atoms with van der Waals surface area (Å²) >= 11 is 0. The van der Waals surface area contributed by atoms with Gasteiger partial charge in [0.15, 0.2) is 0 Å². The molecule has 2 rings (SSSR count). The lowest BCUT2D eigenvalue weighted by molar-refractivity contribution is -0.121. The molecule has 1 aliphatic rings. The lowest BCUT2D eigenvalue weighted by atomic mass is 10.4. The normalized spacial score (nSPS) is 15.2. The number of hydrogen-bond acceptors (Lipinski definition) is 3. The minimum atomic E-state index is 0.0799. The van der Waals surface area contributed by atoms with E-state index in [-0.39, 0.29) is 5.91 Å². The molecule has 5 nitrogen and oxygen atoms in total. The summed E-state index contributed by atoms with van der Waals surface area (Å²) in [6.07, 6.45) is 5.83. The molecule has 1 aliphatic carbocycles. The summed E-state index contributed by atoms with van der Waals surface area (Å²) in [7, 11) is 0. The zero-order valence-corrected chi connectivity index (χ0v) is 10.4. The van der Waals surface area contributed by atoms with Gasteiger partial charge in [-0.25, -0.2) is 4.98 Å². The van der Waals surface area contributed by atoms with E-state index in [1.807, 2.05) is 10.8 Å². The largest absolute Gasteiger partial charge is 0.352 e. The highest BCUT2D eigenvalue weighted by atomic mass is 16.2. The topological polar surface area (TPSA) is 59.0 Å². The molecule has 5 heteroatoms. The van der Waals surface area contributed by atoms with Crippen molar-refractivity contribution in [3.63, 3.8) is 0 Å². The Hall–Kier alpha value is -1.36. The first-order chi connectivity index (χ1) is 8.15. The number of imidazole rings is 1. The van der Waals surface area contributed by atoms with E-state index in [1.54, 1.807) is 6.20 Å². The molecule has 0 aliphatic heterocycles. The fourth-order valence-corrected chi connectivity index (χ4v) is 1.60. The highest BCUT2D eigenvalue weighted by molar-refractivity contribution is 5.76. The average Bonchev–Trinajstić information content (AvgIpc) is 2.94. The third-order valence-corrected chi connectivity index (χ3v) is 2.73. The van der Waals surface area contributed by atoms with Crippen LogP contribution < -0.4 is 10.6 Å².